The molecule has 0 N–H and O–H groups in total. The van der Waals surface area contributed by atoms with Gasteiger partial charge in [0.15, 0.2) is 0 Å². The van der Waals surface area contributed by atoms with Crippen LogP contribution in [0.3, 0.4) is 0 Å². The van der Waals surface area contributed by atoms with Gasteiger partial charge in [0.2, 0.25) is 6.41 Å². The monoisotopic (exact) mass is 320 g/mol. The molecule has 0 radical (unpaired) electrons. The summed E-state index contributed by atoms with van der Waals surface area (Å²) in [6.07, 6.45) is 5.33. The van der Waals surface area contributed by atoms with Crippen LogP contribution in [0.25, 0.3) is 0 Å². The number of benzene rings is 1. The Morgan fingerprint density at radius 2 is 2.25 bits per heavy atom. The number of fused-ring (bicyclic) bond motifs is 4. The van der Waals surface area contributed by atoms with Crippen molar-refractivity contribution in [2.75, 3.05) is 13.2 Å². The smallest absolute Gasteiger partial charge is 0.209 e. The average Bonchev–Trinajstić information content (AvgIpc) is 2.96. The van der Waals surface area contributed by atoms with Crippen LogP contribution in [-0.4, -0.2) is 42.3 Å². The molecule has 4 heteroatoms. The van der Waals surface area contributed by atoms with Crippen molar-refractivity contribution >= 4 is 17.8 Å². The molecule has 1 spiro atoms. The number of piperidine rings is 2. The molecule has 1 aromatic carbocycles. The highest BCUT2D eigenvalue weighted by Crippen LogP contribution is 2.70. The molecular weight excluding hydrogens is 300 g/mol. The molecule has 1 amide bonds. The molecule has 4 nitrogen and oxygen atoms in total. The van der Waals surface area contributed by atoms with Gasteiger partial charge >= 0.3 is 0 Å². The van der Waals surface area contributed by atoms with Crippen LogP contribution in [0, 0.1) is 17.3 Å². The third-order valence-corrected chi connectivity index (χ3v) is 7.66. The summed E-state index contributed by atoms with van der Waals surface area (Å²) in [5, 5.41) is 0. The van der Waals surface area contributed by atoms with Crippen LogP contribution in [0.5, 0.6) is 0 Å². The Hall–Kier alpha value is -1.94. The molecule has 2 aliphatic carbocycles. The van der Waals surface area contributed by atoms with Crippen molar-refractivity contribution in [1.82, 2.24) is 4.90 Å². The van der Waals surface area contributed by atoms with Crippen molar-refractivity contribution in [1.29, 1.82) is 0 Å². The first kappa shape index (κ1) is 13.4. The predicted octanol–water partition coefficient (Wildman–Crippen LogP) is 2.46. The maximum atomic E-state index is 11.8. The topological polar surface area (TPSA) is 41.9 Å². The minimum absolute atomic E-state index is 0.112. The molecule has 4 heterocycles. The number of rotatable bonds is 2. The highest BCUT2D eigenvalue weighted by atomic mass is 16.5. The van der Waals surface area contributed by atoms with E-state index in [2.05, 4.69) is 36.9 Å². The molecule has 122 valence electrons. The van der Waals surface area contributed by atoms with Gasteiger partial charge in [-0.25, -0.2) is 0 Å². The van der Waals surface area contributed by atoms with E-state index in [1.807, 2.05) is 4.90 Å². The molecule has 0 unspecified atom stereocenters. The number of amides is 1. The summed E-state index contributed by atoms with van der Waals surface area (Å²) < 4.78 is 6.25. The number of para-hydroxylation sites is 1. The van der Waals surface area contributed by atoms with Crippen LogP contribution in [0.1, 0.15) is 18.4 Å². The predicted molar refractivity (Wildman–Crippen MR) is 90.4 cm³/mol. The Labute approximate surface area is 141 Å². The van der Waals surface area contributed by atoms with Crippen LogP contribution in [-0.2, 0) is 14.9 Å². The van der Waals surface area contributed by atoms with Gasteiger partial charge in [0.25, 0.3) is 0 Å². The first-order chi connectivity index (χ1) is 11.7. The van der Waals surface area contributed by atoms with Gasteiger partial charge < -0.3 is 9.64 Å². The van der Waals surface area contributed by atoms with Gasteiger partial charge in [-0.3, -0.25) is 9.79 Å². The third kappa shape index (κ3) is 1.14. The molecule has 7 rings (SSSR count). The molecule has 1 aromatic rings. The molecule has 2 saturated carbocycles. The number of ether oxygens (including phenoxy) is 1. The van der Waals surface area contributed by atoms with Crippen molar-refractivity contribution in [3.8, 4) is 0 Å². The highest BCUT2D eigenvalue weighted by Gasteiger charge is 2.74. The van der Waals surface area contributed by atoms with Gasteiger partial charge in [0, 0.05) is 23.9 Å². The molecule has 6 aliphatic rings. The van der Waals surface area contributed by atoms with Gasteiger partial charge in [0.1, 0.15) is 0 Å². The van der Waals surface area contributed by atoms with E-state index in [0.717, 1.165) is 38.1 Å². The average molecular weight is 320 g/mol. The van der Waals surface area contributed by atoms with Crippen LogP contribution in [0.15, 0.2) is 41.9 Å². The first-order valence-electron chi connectivity index (χ1n) is 8.90. The van der Waals surface area contributed by atoms with E-state index in [9.17, 15) is 4.79 Å². The summed E-state index contributed by atoms with van der Waals surface area (Å²) >= 11 is 0. The molecule has 6 atom stereocenters. The molecule has 3 saturated heterocycles. The zero-order valence-corrected chi connectivity index (χ0v) is 13.5. The minimum atomic E-state index is -0.125. The molecular formula is C20H20N2O2. The maximum Gasteiger partial charge on any atom is 0.209 e. The summed E-state index contributed by atoms with van der Waals surface area (Å²) in [7, 11) is 0. The zero-order valence-electron chi connectivity index (χ0n) is 13.5. The van der Waals surface area contributed by atoms with Crippen LogP contribution < -0.4 is 0 Å². The largest absolute Gasteiger partial charge is 0.372 e. The highest BCUT2D eigenvalue weighted by molar-refractivity contribution is 6.07. The first-order valence-corrected chi connectivity index (χ1v) is 8.90. The Morgan fingerprint density at radius 1 is 1.38 bits per heavy atom. The number of nitrogens with zero attached hydrogens (tertiary/aromatic N) is 2. The Kier molecular flexibility index (Phi) is 2.22. The molecule has 0 aromatic heterocycles. The van der Waals surface area contributed by atoms with Crippen molar-refractivity contribution in [2.24, 2.45) is 22.2 Å². The molecule has 4 aliphatic heterocycles. The SMILES string of the molecule is C=C[C@@]12CN(C=O)[C@H]3C[C@]14C(=Nc1ccccc14)[C@H]1C[C@@H]2[C@@H]3CO1. The zero-order chi connectivity index (χ0) is 16.1. The number of aliphatic imine (C=N–C) groups is 1. The number of carbonyl (C=O) groups excluding carboxylic acids is 1. The quantitative estimate of drug-likeness (QED) is 0.620. The van der Waals surface area contributed by atoms with Crippen molar-refractivity contribution in [2.45, 2.75) is 30.4 Å². The summed E-state index contributed by atoms with van der Waals surface area (Å²) in [5.74, 6) is 0.965. The second kappa shape index (κ2) is 3.99. The van der Waals surface area contributed by atoms with E-state index < -0.39 is 0 Å². The van der Waals surface area contributed by atoms with Crippen molar-refractivity contribution in [3.63, 3.8) is 0 Å². The van der Waals surface area contributed by atoms with E-state index in [1.165, 1.54) is 11.3 Å². The summed E-state index contributed by atoms with van der Waals surface area (Å²) in [4.78, 5) is 18.8. The van der Waals surface area contributed by atoms with E-state index in [1.54, 1.807) is 0 Å². The second-order valence-electron chi connectivity index (χ2n) is 8.04. The number of hydrogen-bond donors (Lipinski definition) is 0. The third-order valence-electron chi connectivity index (χ3n) is 7.66. The fourth-order valence-electron chi connectivity index (χ4n) is 6.84. The van der Waals surface area contributed by atoms with Gasteiger partial charge in [-0.15, -0.1) is 6.58 Å². The van der Waals surface area contributed by atoms with Crippen molar-refractivity contribution in [3.05, 3.63) is 42.5 Å². The lowest BCUT2D eigenvalue weighted by Gasteiger charge is -2.72. The second-order valence-corrected chi connectivity index (χ2v) is 8.04. The van der Waals surface area contributed by atoms with E-state index >= 15 is 0 Å². The summed E-state index contributed by atoms with van der Waals surface area (Å²) in [6.45, 7) is 5.79. The minimum Gasteiger partial charge on any atom is -0.372 e. The summed E-state index contributed by atoms with van der Waals surface area (Å²) in [5.41, 5.74) is 3.38. The maximum absolute atomic E-state index is 11.8. The Bertz CT molecular complexity index is 818. The van der Waals surface area contributed by atoms with Crippen LogP contribution in [0.4, 0.5) is 5.69 Å². The van der Waals surface area contributed by atoms with Gasteiger partial charge in [-0.05, 0) is 30.4 Å². The summed E-state index contributed by atoms with van der Waals surface area (Å²) in [6, 6.07) is 8.79. The standard InChI is InChI=1S/C20H20N2O2/c1-2-19-10-22(11-23)16-8-20(19)13-5-3-4-6-15(13)21-18(20)17-7-14(19)12(16)9-24-17/h2-6,11-12,14,16-17H,1,7-10H2/t12-,14+,16-,17+,19-,20-/m0/s1. The van der Waals surface area contributed by atoms with Gasteiger partial charge in [0.05, 0.1) is 29.5 Å². The van der Waals surface area contributed by atoms with E-state index in [4.69, 9.17) is 9.73 Å². The fraction of sp³-hybridized carbons (Fsp3) is 0.500. The van der Waals surface area contributed by atoms with Crippen LogP contribution in [0.2, 0.25) is 0 Å². The lowest BCUT2D eigenvalue weighted by molar-refractivity contribution is -0.193. The van der Waals surface area contributed by atoms with Gasteiger partial charge in [-0.1, -0.05) is 24.3 Å². The molecule has 5 fully saturated rings. The van der Waals surface area contributed by atoms with E-state index in [-0.39, 0.29) is 23.0 Å². The number of carbonyl (C=O) groups is 1. The fourth-order valence-corrected chi connectivity index (χ4v) is 6.84. The lowest BCUT2D eigenvalue weighted by atomic mass is 9.38. The Morgan fingerprint density at radius 3 is 3.08 bits per heavy atom. The number of hydrogen-bond acceptors (Lipinski definition) is 3. The lowest BCUT2D eigenvalue weighted by Crippen LogP contribution is -2.79. The van der Waals surface area contributed by atoms with E-state index in [0.29, 0.717) is 11.8 Å². The van der Waals surface area contributed by atoms with Crippen molar-refractivity contribution < 1.29 is 9.53 Å². The van der Waals surface area contributed by atoms with Crippen LogP contribution >= 0.6 is 0 Å². The normalized spacial score (nSPS) is 46.3. The van der Waals surface area contributed by atoms with Gasteiger partial charge in [-0.2, -0.15) is 0 Å². The molecule has 24 heavy (non-hydrogen) atoms. The molecule has 5 bridgehead atoms. The Balaban J connectivity index is 1.70.